The van der Waals surface area contributed by atoms with Crippen LogP contribution in [-0.2, 0) is 6.54 Å². The maximum absolute atomic E-state index is 4.79. The van der Waals surface area contributed by atoms with Gasteiger partial charge in [0.25, 0.3) is 0 Å². The second kappa shape index (κ2) is 5.06. The molecular weight excluding hydrogens is 248 g/mol. The number of aryl methyl sites for hydroxylation is 1. The van der Waals surface area contributed by atoms with Crippen molar-refractivity contribution in [3.8, 4) is 11.3 Å². The first-order valence-corrected chi connectivity index (χ1v) is 6.75. The number of hydrogen-bond donors (Lipinski definition) is 1. The lowest BCUT2D eigenvalue weighted by Gasteiger charge is -2.05. The van der Waals surface area contributed by atoms with Crippen LogP contribution in [0.3, 0.4) is 0 Å². The van der Waals surface area contributed by atoms with Crippen molar-refractivity contribution in [2.75, 3.05) is 7.05 Å². The molecule has 2 heterocycles. The smallest absolute Gasteiger partial charge is 0.164 e. The number of benzene rings is 1. The van der Waals surface area contributed by atoms with E-state index in [9.17, 15) is 0 Å². The molecule has 0 radical (unpaired) electrons. The van der Waals surface area contributed by atoms with Crippen LogP contribution in [-0.4, -0.2) is 21.4 Å². The number of imidazole rings is 1. The highest BCUT2D eigenvalue weighted by molar-refractivity contribution is 5.77. The van der Waals surface area contributed by atoms with Crippen molar-refractivity contribution in [1.29, 1.82) is 0 Å². The maximum atomic E-state index is 4.79. The van der Waals surface area contributed by atoms with Crippen molar-refractivity contribution < 1.29 is 0 Å². The molecule has 3 rings (SSSR count). The third-order valence-corrected chi connectivity index (χ3v) is 3.67. The Kier molecular flexibility index (Phi) is 3.24. The van der Waals surface area contributed by atoms with E-state index in [1.54, 1.807) is 0 Å². The van der Waals surface area contributed by atoms with Gasteiger partial charge in [0.2, 0.25) is 0 Å². The molecular formula is C16H18N4. The number of fused-ring (bicyclic) bond motifs is 1. The quantitative estimate of drug-likeness (QED) is 0.792. The number of hydrogen-bond acceptors (Lipinski definition) is 3. The van der Waals surface area contributed by atoms with Crippen LogP contribution in [0.2, 0.25) is 0 Å². The van der Waals surface area contributed by atoms with Crippen molar-refractivity contribution in [2.45, 2.75) is 20.4 Å². The first-order valence-electron chi connectivity index (χ1n) is 6.75. The van der Waals surface area contributed by atoms with E-state index in [0.717, 1.165) is 29.3 Å². The Morgan fingerprint density at radius 3 is 2.85 bits per heavy atom. The lowest BCUT2D eigenvalue weighted by atomic mass is 10.0. The topological polar surface area (TPSA) is 42.2 Å². The molecule has 0 spiro atoms. The predicted molar refractivity (Wildman–Crippen MR) is 80.7 cm³/mol. The minimum Gasteiger partial charge on any atom is -0.313 e. The number of rotatable bonds is 3. The molecule has 0 aliphatic heterocycles. The van der Waals surface area contributed by atoms with Crippen molar-refractivity contribution in [1.82, 2.24) is 19.7 Å². The molecule has 0 saturated heterocycles. The largest absolute Gasteiger partial charge is 0.313 e. The van der Waals surface area contributed by atoms with E-state index in [-0.39, 0.29) is 0 Å². The summed E-state index contributed by atoms with van der Waals surface area (Å²) in [6.07, 6.45) is 3.82. The molecule has 20 heavy (non-hydrogen) atoms. The van der Waals surface area contributed by atoms with Gasteiger partial charge in [0, 0.05) is 18.0 Å². The summed E-state index contributed by atoms with van der Waals surface area (Å²) in [5.41, 5.74) is 5.55. The molecule has 2 aromatic heterocycles. The minimum atomic E-state index is 0.720. The van der Waals surface area contributed by atoms with Gasteiger partial charge in [-0.25, -0.2) is 9.97 Å². The van der Waals surface area contributed by atoms with Gasteiger partial charge in [0.15, 0.2) is 5.65 Å². The van der Waals surface area contributed by atoms with Crippen LogP contribution < -0.4 is 5.32 Å². The van der Waals surface area contributed by atoms with Crippen LogP contribution >= 0.6 is 0 Å². The fourth-order valence-electron chi connectivity index (χ4n) is 2.46. The first-order chi connectivity index (χ1) is 9.72. The lowest BCUT2D eigenvalue weighted by molar-refractivity contribution is 0.754. The molecule has 1 aromatic carbocycles. The third kappa shape index (κ3) is 1.98. The SMILES string of the molecule is CNCc1nc(-c2cccc(C)c2C)c2ncccn12. The van der Waals surface area contributed by atoms with Crippen LogP contribution in [0.25, 0.3) is 16.9 Å². The van der Waals surface area contributed by atoms with Gasteiger partial charge >= 0.3 is 0 Å². The normalized spacial score (nSPS) is 11.2. The van der Waals surface area contributed by atoms with Crippen molar-refractivity contribution in [2.24, 2.45) is 0 Å². The molecule has 4 heteroatoms. The average molecular weight is 266 g/mol. The molecule has 0 amide bonds. The van der Waals surface area contributed by atoms with Crippen LogP contribution in [0.15, 0.2) is 36.7 Å². The van der Waals surface area contributed by atoms with Gasteiger partial charge in [-0.15, -0.1) is 0 Å². The van der Waals surface area contributed by atoms with E-state index in [1.165, 1.54) is 11.1 Å². The molecule has 102 valence electrons. The van der Waals surface area contributed by atoms with Gasteiger partial charge in [-0.05, 0) is 38.1 Å². The zero-order valence-electron chi connectivity index (χ0n) is 12.0. The molecule has 0 saturated carbocycles. The number of nitrogens with one attached hydrogen (secondary N) is 1. The monoisotopic (exact) mass is 266 g/mol. The zero-order chi connectivity index (χ0) is 14.1. The highest BCUT2D eigenvalue weighted by Crippen LogP contribution is 2.28. The number of aromatic nitrogens is 3. The average Bonchev–Trinajstić information content (AvgIpc) is 2.82. The van der Waals surface area contributed by atoms with Gasteiger partial charge in [-0.2, -0.15) is 0 Å². The van der Waals surface area contributed by atoms with Crippen LogP contribution in [0.4, 0.5) is 0 Å². The Hall–Kier alpha value is -2.20. The lowest BCUT2D eigenvalue weighted by Crippen LogP contribution is -2.08. The molecule has 0 bridgehead atoms. The molecule has 1 N–H and O–H groups in total. The summed E-state index contributed by atoms with van der Waals surface area (Å²) in [7, 11) is 1.93. The van der Waals surface area contributed by atoms with Crippen LogP contribution in [0.5, 0.6) is 0 Å². The van der Waals surface area contributed by atoms with Gasteiger partial charge in [0.1, 0.15) is 11.5 Å². The Labute approximate surface area is 118 Å². The third-order valence-electron chi connectivity index (χ3n) is 3.67. The summed E-state index contributed by atoms with van der Waals surface area (Å²) in [4.78, 5) is 9.29. The van der Waals surface area contributed by atoms with Crippen molar-refractivity contribution >= 4 is 5.65 Å². The molecule has 0 fully saturated rings. The summed E-state index contributed by atoms with van der Waals surface area (Å²) in [6.45, 7) is 4.98. The van der Waals surface area contributed by atoms with E-state index in [4.69, 9.17) is 4.98 Å². The van der Waals surface area contributed by atoms with E-state index in [0.29, 0.717) is 0 Å². The summed E-state index contributed by atoms with van der Waals surface area (Å²) >= 11 is 0. The Morgan fingerprint density at radius 2 is 2.05 bits per heavy atom. The molecule has 3 aromatic rings. The number of nitrogens with zero attached hydrogens (tertiary/aromatic N) is 3. The molecule has 0 aliphatic rings. The molecule has 0 atom stereocenters. The highest BCUT2D eigenvalue weighted by atomic mass is 15.1. The van der Waals surface area contributed by atoms with Crippen molar-refractivity contribution in [3.05, 3.63) is 53.6 Å². The van der Waals surface area contributed by atoms with Crippen molar-refractivity contribution in [3.63, 3.8) is 0 Å². The minimum absolute atomic E-state index is 0.720. The first kappa shape index (κ1) is 12.8. The Balaban J connectivity index is 2.28. The fraction of sp³-hybridized carbons (Fsp3) is 0.250. The summed E-state index contributed by atoms with van der Waals surface area (Å²) in [5, 5.41) is 3.16. The van der Waals surface area contributed by atoms with Gasteiger partial charge in [0.05, 0.1) is 6.54 Å². The zero-order valence-corrected chi connectivity index (χ0v) is 12.0. The van der Waals surface area contributed by atoms with Crippen LogP contribution in [0.1, 0.15) is 17.0 Å². The van der Waals surface area contributed by atoms with Gasteiger partial charge in [-0.3, -0.25) is 4.40 Å². The second-order valence-electron chi connectivity index (χ2n) is 4.97. The fourth-order valence-corrected chi connectivity index (χ4v) is 2.46. The van der Waals surface area contributed by atoms with E-state index >= 15 is 0 Å². The molecule has 4 nitrogen and oxygen atoms in total. The molecule has 0 unspecified atom stereocenters. The van der Waals surface area contributed by atoms with E-state index in [2.05, 4.69) is 42.3 Å². The van der Waals surface area contributed by atoms with Crippen LogP contribution in [0, 0.1) is 13.8 Å². The summed E-state index contributed by atoms with van der Waals surface area (Å²) in [5.74, 6) is 0.978. The highest BCUT2D eigenvalue weighted by Gasteiger charge is 2.15. The summed E-state index contributed by atoms with van der Waals surface area (Å²) < 4.78 is 2.05. The van der Waals surface area contributed by atoms with Gasteiger partial charge in [-0.1, -0.05) is 18.2 Å². The summed E-state index contributed by atoms with van der Waals surface area (Å²) in [6, 6.07) is 8.24. The van der Waals surface area contributed by atoms with E-state index in [1.807, 2.05) is 29.9 Å². The Bertz CT molecular complexity index is 758. The van der Waals surface area contributed by atoms with Gasteiger partial charge < -0.3 is 5.32 Å². The van der Waals surface area contributed by atoms with E-state index < -0.39 is 0 Å². The predicted octanol–water partition coefficient (Wildman–Crippen LogP) is 2.73. The Morgan fingerprint density at radius 1 is 1.20 bits per heavy atom. The maximum Gasteiger partial charge on any atom is 0.164 e. The standard InChI is InChI=1S/C16H18N4/c1-11-6-4-7-13(12(11)2)15-16-18-8-5-9-20(16)14(19-15)10-17-3/h4-9,17H,10H2,1-3H3. The molecule has 0 aliphatic carbocycles. The second-order valence-corrected chi connectivity index (χ2v) is 4.97.